The largest absolute Gasteiger partial charge is 0.182 e. The zero-order chi connectivity index (χ0) is 8.97. The lowest BCUT2D eigenvalue weighted by atomic mass is 10.1. The van der Waals surface area contributed by atoms with E-state index in [0.717, 1.165) is 12.1 Å². The Balaban J connectivity index is 2.66. The van der Waals surface area contributed by atoms with Crippen molar-refractivity contribution in [1.29, 1.82) is 0 Å². The minimum Gasteiger partial charge on any atom is -0.182 e. The number of nitrogens with zero attached hydrogens (tertiary/aromatic N) is 3. The Bertz CT molecular complexity index is 229. The molecule has 0 saturated carbocycles. The molecule has 0 aromatic carbocycles. The summed E-state index contributed by atoms with van der Waals surface area (Å²) in [4.78, 5) is 1.85. The summed E-state index contributed by atoms with van der Waals surface area (Å²) in [6.45, 7) is 6.35. The van der Waals surface area contributed by atoms with Gasteiger partial charge in [-0.2, -0.15) is 15.0 Å². The van der Waals surface area contributed by atoms with Crippen LogP contribution in [-0.4, -0.2) is 15.0 Å². The van der Waals surface area contributed by atoms with E-state index >= 15 is 0 Å². The lowest BCUT2D eigenvalue weighted by Crippen LogP contribution is -2.11. The average Bonchev–Trinajstić information content (AvgIpc) is 2.47. The molecule has 3 heteroatoms. The highest BCUT2D eigenvalue weighted by Gasteiger charge is 2.08. The molecule has 1 rings (SSSR count). The van der Waals surface area contributed by atoms with Gasteiger partial charge in [-0.15, -0.1) is 0 Å². The minimum absolute atomic E-state index is 0.490. The van der Waals surface area contributed by atoms with Gasteiger partial charge in [-0.3, -0.25) is 0 Å². The van der Waals surface area contributed by atoms with Crippen LogP contribution >= 0.6 is 0 Å². The van der Waals surface area contributed by atoms with E-state index in [0.29, 0.717) is 6.04 Å². The molecule has 0 bridgehead atoms. The maximum atomic E-state index is 4.31. The van der Waals surface area contributed by atoms with E-state index in [1.54, 1.807) is 0 Å². The molecule has 3 nitrogen and oxygen atoms in total. The van der Waals surface area contributed by atoms with E-state index in [-0.39, 0.29) is 0 Å². The summed E-state index contributed by atoms with van der Waals surface area (Å²) in [7, 11) is 0. The molecule has 1 aromatic heterocycles. The molecule has 0 fully saturated rings. The Hall–Kier alpha value is -0.860. The first-order chi connectivity index (χ1) is 5.77. The molecule has 0 aliphatic heterocycles. The topological polar surface area (TPSA) is 30.7 Å². The zero-order valence-corrected chi connectivity index (χ0v) is 8.12. The molecule has 1 heterocycles. The molecule has 0 amide bonds. The highest BCUT2D eigenvalue weighted by molar-refractivity contribution is 4.85. The predicted molar refractivity (Wildman–Crippen MR) is 49.0 cm³/mol. The van der Waals surface area contributed by atoms with Crippen LogP contribution in [0.15, 0.2) is 6.20 Å². The SMILES string of the molecule is CCCC(CC)n1ncc(C)n1. The van der Waals surface area contributed by atoms with E-state index in [9.17, 15) is 0 Å². The summed E-state index contributed by atoms with van der Waals surface area (Å²) in [5, 5.41) is 8.52. The first-order valence-electron chi connectivity index (χ1n) is 4.66. The summed E-state index contributed by atoms with van der Waals surface area (Å²) >= 11 is 0. The van der Waals surface area contributed by atoms with Crippen LogP contribution in [0.25, 0.3) is 0 Å². The van der Waals surface area contributed by atoms with Gasteiger partial charge >= 0.3 is 0 Å². The monoisotopic (exact) mass is 167 g/mol. The summed E-state index contributed by atoms with van der Waals surface area (Å²) in [5.41, 5.74) is 1.00. The molecule has 0 aliphatic carbocycles. The van der Waals surface area contributed by atoms with Crippen LogP contribution in [0.1, 0.15) is 44.8 Å². The lowest BCUT2D eigenvalue weighted by molar-refractivity contribution is 0.366. The number of aryl methyl sites for hydroxylation is 1. The van der Waals surface area contributed by atoms with E-state index < -0.39 is 0 Å². The van der Waals surface area contributed by atoms with Gasteiger partial charge < -0.3 is 0 Å². The number of aromatic nitrogens is 3. The summed E-state index contributed by atoms with van der Waals surface area (Å²) in [5.74, 6) is 0. The van der Waals surface area contributed by atoms with Crippen molar-refractivity contribution in [3.63, 3.8) is 0 Å². The first kappa shape index (κ1) is 9.23. The third-order valence-electron chi connectivity index (χ3n) is 2.04. The Kier molecular flexibility index (Phi) is 3.26. The predicted octanol–water partition coefficient (Wildman–Crippen LogP) is 2.34. The van der Waals surface area contributed by atoms with E-state index in [4.69, 9.17) is 0 Å². The van der Waals surface area contributed by atoms with Gasteiger partial charge in [-0.25, -0.2) is 0 Å². The van der Waals surface area contributed by atoms with Crippen molar-refractivity contribution in [3.05, 3.63) is 11.9 Å². The fraction of sp³-hybridized carbons (Fsp3) is 0.778. The van der Waals surface area contributed by atoms with Crippen LogP contribution in [0.2, 0.25) is 0 Å². The van der Waals surface area contributed by atoms with Crippen LogP contribution in [0, 0.1) is 6.92 Å². The van der Waals surface area contributed by atoms with Crippen molar-refractivity contribution >= 4 is 0 Å². The van der Waals surface area contributed by atoms with E-state index in [1.165, 1.54) is 12.8 Å². The maximum absolute atomic E-state index is 4.31. The van der Waals surface area contributed by atoms with Crippen molar-refractivity contribution in [3.8, 4) is 0 Å². The minimum atomic E-state index is 0.490. The van der Waals surface area contributed by atoms with Crippen LogP contribution in [0.4, 0.5) is 0 Å². The van der Waals surface area contributed by atoms with Crippen LogP contribution < -0.4 is 0 Å². The summed E-state index contributed by atoms with van der Waals surface area (Å²) in [6.07, 6.45) is 5.30. The van der Waals surface area contributed by atoms with Crippen molar-refractivity contribution < 1.29 is 0 Å². The van der Waals surface area contributed by atoms with E-state index in [2.05, 4.69) is 24.0 Å². The third-order valence-corrected chi connectivity index (χ3v) is 2.04. The number of hydrogen-bond donors (Lipinski definition) is 0. The maximum Gasteiger partial charge on any atom is 0.0796 e. The molecule has 0 spiro atoms. The quantitative estimate of drug-likeness (QED) is 0.689. The van der Waals surface area contributed by atoms with Gasteiger partial charge in [0.15, 0.2) is 0 Å². The van der Waals surface area contributed by atoms with Gasteiger partial charge in [0, 0.05) is 0 Å². The molecule has 0 radical (unpaired) electrons. The first-order valence-corrected chi connectivity index (χ1v) is 4.66. The highest BCUT2D eigenvalue weighted by atomic mass is 15.5. The van der Waals surface area contributed by atoms with E-state index in [1.807, 2.05) is 17.9 Å². The van der Waals surface area contributed by atoms with Gasteiger partial charge in [0.25, 0.3) is 0 Å². The fourth-order valence-electron chi connectivity index (χ4n) is 1.35. The van der Waals surface area contributed by atoms with Crippen molar-refractivity contribution in [2.45, 2.75) is 46.1 Å². The smallest absolute Gasteiger partial charge is 0.0796 e. The molecular formula is C9H17N3. The molecule has 0 saturated heterocycles. The summed E-state index contributed by atoms with van der Waals surface area (Å²) in [6, 6.07) is 0.490. The third kappa shape index (κ3) is 2.06. The van der Waals surface area contributed by atoms with Crippen molar-refractivity contribution in [2.24, 2.45) is 0 Å². The Labute approximate surface area is 73.8 Å². The molecule has 1 aromatic rings. The number of hydrogen-bond acceptors (Lipinski definition) is 2. The summed E-state index contributed by atoms with van der Waals surface area (Å²) < 4.78 is 0. The van der Waals surface area contributed by atoms with Crippen LogP contribution in [0.5, 0.6) is 0 Å². The van der Waals surface area contributed by atoms with Gasteiger partial charge in [0.05, 0.1) is 17.9 Å². The molecule has 1 atom stereocenters. The molecule has 1 unspecified atom stereocenters. The average molecular weight is 167 g/mol. The van der Waals surface area contributed by atoms with Crippen LogP contribution in [0.3, 0.4) is 0 Å². The standard InChI is InChI=1S/C9H17N3/c1-4-6-9(5-2)12-10-7-8(3)11-12/h7,9H,4-6H2,1-3H3. The lowest BCUT2D eigenvalue weighted by Gasteiger charge is -2.11. The Morgan fingerprint density at radius 2 is 2.25 bits per heavy atom. The zero-order valence-electron chi connectivity index (χ0n) is 8.12. The Morgan fingerprint density at radius 1 is 1.50 bits per heavy atom. The second-order valence-corrected chi connectivity index (χ2v) is 3.16. The molecule has 0 aliphatic rings. The fourth-order valence-corrected chi connectivity index (χ4v) is 1.35. The molecule has 68 valence electrons. The highest BCUT2D eigenvalue weighted by Crippen LogP contribution is 2.14. The normalized spacial score (nSPS) is 13.2. The molecule has 0 N–H and O–H groups in total. The number of rotatable bonds is 4. The van der Waals surface area contributed by atoms with Gasteiger partial charge in [0.2, 0.25) is 0 Å². The Morgan fingerprint density at radius 3 is 2.67 bits per heavy atom. The second kappa shape index (κ2) is 4.24. The van der Waals surface area contributed by atoms with Crippen molar-refractivity contribution in [1.82, 2.24) is 15.0 Å². The van der Waals surface area contributed by atoms with Crippen LogP contribution in [-0.2, 0) is 0 Å². The second-order valence-electron chi connectivity index (χ2n) is 3.16. The van der Waals surface area contributed by atoms with Gasteiger partial charge in [0.1, 0.15) is 0 Å². The van der Waals surface area contributed by atoms with Crippen molar-refractivity contribution in [2.75, 3.05) is 0 Å². The van der Waals surface area contributed by atoms with Gasteiger partial charge in [-0.05, 0) is 19.8 Å². The molecule has 12 heavy (non-hydrogen) atoms. The van der Waals surface area contributed by atoms with Gasteiger partial charge in [-0.1, -0.05) is 20.3 Å². The molecular weight excluding hydrogens is 150 g/mol.